The fourth-order valence-corrected chi connectivity index (χ4v) is 4.71. The average molecular weight is 594 g/mol. The van der Waals surface area contributed by atoms with Gasteiger partial charge in [-0.1, -0.05) is 18.2 Å². The average Bonchev–Trinajstić information content (AvgIpc) is 3.21. The van der Waals surface area contributed by atoms with Crippen LogP contribution in [0.2, 0.25) is 0 Å². The zero-order valence-corrected chi connectivity index (χ0v) is 21.4. The Labute approximate surface area is 222 Å². The van der Waals surface area contributed by atoms with E-state index < -0.39 is 69.9 Å². The van der Waals surface area contributed by atoms with Crippen LogP contribution in [0, 0.1) is 0 Å². The number of ether oxygens (including phenoxy) is 1. The molecule has 216 valence electrons. The van der Waals surface area contributed by atoms with Crippen molar-refractivity contribution in [3.8, 4) is 0 Å². The number of carboxylic acid groups (broad SMARTS) is 1. The van der Waals surface area contributed by atoms with Gasteiger partial charge in [0.25, 0.3) is 5.91 Å². The Morgan fingerprint density at radius 3 is 2.02 bits per heavy atom. The van der Waals surface area contributed by atoms with Crippen LogP contribution in [-0.4, -0.2) is 61.3 Å². The Bertz CT molecular complexity index is 1560. The molecule has 0 saturated heterocycles. The number of rotatable bonds is 7. The summed E-state index contributed by atoms with van der Waals surface area (Å²) in [5, 5.41) is 11.8. The first-order valence-corrected chi connectivity index (χ1v) is 13.0. The molecule has 0 aliphatic carbocycles. The highest BCUT2D eigenvalue weighted by Gasteiger charge is 2.72. The van der Waals surface area contributed by atoms with Gasteiger partial charge in [0.2, 0.25) is 0 Å². The molecule has 0 aliphatic heterocycles. The van der Waals surface area contributed by atoms with Crippen LogP contribution in [0.4, 0.5) is 36.8 Å². The van der Waals surface area contributed by atoms with E-state index in [0.29, 0.717) is 16.7 Å². The molecule has 3 rings (SSSR count). The summed E-state index contributed by atoms with van der Waals surface area (Å²) in [5.74, 6) is -2.84. The molecule has 16 heteroatoms. The number of nitrogens with zero attached hydrogens (tertiary/aromatic N) is 1. The van der Waals surface area contributed by atoms with Crippen molar-refractivity contribution >= 4 is 44.3 Å². The monoisotopic (exact) mass is 594 g/mol. The zero-order valence-electron chi connectivity index (χ0n) is 20.6. The van der Waals surface area contributed by atoms with E-state index in [0.717, 1.165) is 36.7 Å². The Morgan fingerprint density at radius 2 is 1.55 bits per heavy atom. The molecule has 0 saturated carbocycles. The summed E-state index contributed by atoms with van der Waals surface area (Å²) in [7, 11) is -3.68. The molecular formula is C24H20F6N2O7S. The van der Waals surface area contributed by atoms with Crippen LogP contribution in [0.1, 0.15) is 29.4 Å². The van der Waals surface area contributed by atoms with Crippen molar-refractivity contribution < 1.29 is 59.0 Å². The van der Waals surface area contributed by atoms with Gasteiger partial charge in [-0.3, -0.25) is 9.59 Å². The molecule has 3 aromatic rings. The van der Waals surface area contributed by atoms with Crippen LogP contribution in [0.5, 0.6) is 0 Å². The third-order valence-corrected chi connectivity index (χ3v) is 7.07. The molecule has 0 atom stereocenters. The molecule has 0 bridgehead atoms. The highest BCUT2D eigenvalue weighted by molar-refractivity contribution is 7.90. The van der Waals surface area contributed by atoms with Crippen molar-refractivity contribution in [2.24, 2.45) is 0 Å². The van der Waals surface area contributed by atoms with E-state index in [2.05, 4.69) is 10.1 Å². The molecule has 0 unspecified atom stereocenters. The van der Waals surface area contributed by atoms with Crippen molar-refractivity contribution in [3.63, 3.8) is 0 Å². The maximum Gasteiger partial charge on any atom is 0.416 e. The van der Waals surface area contributed by atoms with Crippen LogP contribution in [0.25, 0.3) is 10.8 Å². The minimum absolute atomic E-state index is 0.00603. The lowest BCUT2D eigenvalue weighted by Gasteiger charge is -2.37. The quantitative estimate of drug-likeness (QED) is 0.286. The van der Waals surface area contributed by atoms with E-state index in [1.807, 2.05) is 0 Å². The van der Waals surface area contributed by atoms with Gasteiger partial charge in [0.05, 0.1) is 17.9 Å². The number of carbonyl (C=O) groups is 3. The Hall–Kier alpha value is -4.08. The van der Waals surface area contributed by atoms with Gasteiger partial charge in [-0.15, -0.1) is 0 Å². The first kappa shape index (κ1) is 30.5. The van der Waals surface area contributed by atoms with Gasteiger partial charge in [0.1, 0.15) is 5.69 Å². The number of alkyl halides is 6. The topological polar surface area (TPSA) is 132 Å². The lowest BCUT2D eigenvalue weighted by molar-refractivity contribution is -0.305. The highest BCUT2D eigenvalue weighted by Crippen LogP contribution is 2.54. The van der Waals surface area contributed by atoms with Crippen molar-refractivity contribution in [2.45, 2.75) is 36.0 Å². The Kier molecular flexibility index (Phi) is 7.98. The number of anilines is 1. The van der Waals surface area contributed by atoms with Crippen molar-refractivity contribution in [3.05, 3.63) is 59.9 Å². The second-order valence-electron chi connectivity index (χ2n) is 8.57. The van der Waals surface area contributed by atoms with Gasteiger partial charge < -0.3 is 15.2 Å². The van der Waals surface area contributed by atoms with Crippen LogP contribution < -0.4 is 5.32 Å². The fourth-order valence-electron chi connectivity index (χ4n) is 4.06. The number of amides is 1. The van der Waals surface area contributed by atoms with E-state index in [9.17, 15) is 54.3 Å². The number of halogens is 6. The standard InChI is InChI=1S/C24H20F6N2O7S/c1-3-39-18(33)11-22(23(25,26)27,24(28,29)30)14-4-6-15(7-5-14)31-20(34)19-17-9-8-16(40(2,37)38)10-13(17)12-32(19)21(35)36/h4-10,12H,3,11H2,1-2H3,(H,31,34)(H,35,36). The third kappa shape index (κ3) is 5.61. The summed E-state index contributed by atoms with van der Waals surface area (Å²) in [6.07, 6.45) is -13.7. The number of carbonyl (C=O) groups excluding carboxylic acids is 2. The summed E-state index contributed by atoms with van der Waals surface area (Å²) >= 11 is 0. The molecular weight excluding hydrogens is 574 g/mol. The van der Waals surface area contributed by atoms with E-state index in [1.165, 1.54) is 13.0 Å². The number of aromatic nitrogens is 1. The smallest absolute Gasteiger partial charge is 0.416 e. The van der Waals surface area contributed by atoms with Crippen LogP contribution in [0.3, 0.4) is 0 Å². The lowest BCUT2D eigenvalue weighted by atomic mass is 9.76. The van der Waals surface area contributed by atoms with Crippen LogP contribution in [0.15, 0.2) is 53.6 Å². The third-order valence-electron chi connectivity index (χ3n) is 5.95. The first-order valence-electron chi connectivity index (χ1n) is 11.1. The fraction of sp³-hybridized carbons (Fsp3) is 0.292. The van der Waals surface area contributed by atoms with Gasteiger partial charge in [-0.05, 0) is 36.8 Å². The van der Waals surface area contributed by atoms with Crippen LogP contribution in [-0.2, 0) is 24.8 Å². The van der Waals surface area contributed by atoms with Crippen molar-refractivity contribution in [1.29, 1.82) is 0 Å². The second kappa shape index (κ2) is 10.5. The molecule has 2 aromatic carbocycles. The van der Waals surface area contributed by atoms with Gasteiger partial charge >= 0.3 is 24.4 Å². The predicted octanol–water partition coefficient (Wildman–Crippen LogP) is 5.14. The lowest BCUT2D eigenvalue weighted by Crippen LogP contribution is -2.55. The number of esters is 1. The summed E-state index contributed by atoms with van der Waals surface area (Å²) < 4.78 is 112. The predicted molar refractivity (Wildman–Crippen MR) is 128 cm³/mol. The molecule has 1 heterocycles. The van der Waals surface area contributed by atoms with E-state index >= 15 is 0 Å². The van der Waals surface area contributed by atoms with Gasteiger partial charge in [-0.2, -0.15) is 26.3 Å². The maximum atomic E-state index is 13.9. The summed E-state index contributed by atoms with van der Waals surface area (Å²) in [5.41, 5.74) is -6.75. The Balaban J connectivity index is 2.04. The summed E-state index contributed by atoms with van der Waals surface area (Å²) in [6, 6.07) is 5.76. The number of fused-ring (bicyclic) bond motifs is 1. The van der Waals surface area contributed by atoms with E-state index in [4.69, 9.17) is 0 Å². The zero-order chi connectivity index (χ0) is 30.3. The summed E-state index contributed by atoms with van der Waals surface area (Å²) in [4.78, 5) is 36.3. The molecule has 9 nitrogen and oxygen atoms in total. The summed E-state index contributed by atoms with van der Waals surface area (Å²) in [6.45, 7) is 0.769. The number of benzene rings is 2. The van der Waals surface area contributed by atoms with Crippen molar-refractivity contribution in [1.82, 2.24) is 4.57 Å². The molecule has 2 N–H and O–H groups in total. The Morgan fingerprint density at radius 1 is 0.975 bits per heavy atom. The normalized spacial score (nSPS) is 12.8. The SMILES string of the molecule is CCOC(=O)CC(c1ccc(NC(=O)c2c3ccc(S(C)(=O)=O)cc3cn2C(=O)O)cc1)(C(F)(F)F)C(F)(F)F. The second-order valence-corrected chi connectivity index (χ2v) is 10.6. The molecule has 0 aliphatic rings. The molecule has 0 fully saturated rings. The number of nitrogens with one attached hydrogen (secondary N) is 1. The van der Waals surface area contributed by atoms with Gasteiger partial charge in [0, 0.05) is 28.9 Å². The van der Waals surface area contributed by atoms with Crippen molar-refractivity contribution in [2.75, 3.05) is 18.2 Å². The number of sulfone groups is 1. The molecule has 0 radical (unpaired) electrons. The minimum Gasteiger partial charge on any atom is -0.466 e. The molecule has 1 amide bonds. The van der Waals surface area contributed by atoms with E-state index in [-0.39, 0.29) is 21.4 Å². The maximum absolute atomic E-state index is 13.9. The highest BCUT2D eigenvalue weighted by atomic mass is 32.2. The van der Waals surface area contributed by atoms with Crippen LogP contribution >= 0.6 is 0 Å². The van der Waals surface area contributed by atoms with Gasteiger partial charge in [-0.25, -0.2) is 17.8 Å². The molecule has 1 aromatic heterocycles. The molecule has 0 spiro atoms. The number of hydrogen-bond donors (Lipinski definition) is 2. The number of hydrogen-bond acceptors (Lipinski definition) is 6. The largest absolute Gasteiger partial charge is 0.466 e. The molecule has 40 heavy (non-hydrogen) atoms. The first-order chi connectivity index (χ1) is 18.3. The van der Waals surface area contributed by atoms with Gasteiger partial charge in [0.15, 0.2) is 15.3 Å². The van der Waals surface area contributed by atoms with E-state index in [1.54, 1.807) is 0 Å². The minimum atomic E-state index is -5.96.